The Balaban J connectivity index is 1.64. The van der Waals surface area contributed by atoms with Crippen molar-refractivity contribution < 1.29 is 13.2 Å². The molecule has 1 aliphatic rings. The molecule has 2 aromatic rings. The van der Waals surface area contributed by atoms with E-state index in [1.807, 2.05) is 41.3 Å². The molecule has 1 aromatic heterocycles. The molecule has 1 aromatic carbocycles. The number of anilines is 1. The Morgan fingerprint density at radius 3 is 2.54 bits per heavy atom. The first-order chi connectivity index (χ1) is 11.4. The summed E-state index contributed by atoms with van der Waals surface area (Å²) >= 11 is 0. The summed E-state index contributed by atoms with van der Waals surface area (Å²) in [5.41, 5.74) is 2.51. The monoisotopic (exact) mass is 344 g/mol. The minimum atomic E-state index is -3.05. The fraction of sp³-hybridized carbons (Fsp3) is 0.333. The molecule has 3 rings (SSSR count). The van der Waals surface area contributed by atoms with Crippen LogP contribution in [0.3, 0.4) is 0 Å². The highest BCUT2D eigenvalue weighted by Crippen LogP contribution is 2.26. The highest BCUT2D eigenvalue weighted by atomic mass is 32.2. The maximum absolute atomic E-state index is 12.2. The number of pyridine rings is 1. The van der Waals surface area contributed by atoms with Crippen molar-refractivity contribution in [3.8, 4) is 0 Å². The maximum Gasteiger partial charge on any atom is 0.227 e. The average molecular weight is 344 g/mol. The van der Waals surface area contributed by atoms with Gasteiger partial charge in [-0.15, -0.1) is 0 Å². The zero-order valence-corrected chi connectivity index (χ0v) is 14.4. The molecule has 1 unspecified atom stereocenters. The van der Waals surface area contributed by atoms with Gasteiger partial charge in [0, 0.05) is 36.8 Å². The molecule has 1 amide bonds. The number of aromatic nitrogens is 1. The molecule has 24 heavy (non-hydrogen) atoms. The summed E-state index contributed by atoms with van der Waals surface area (Å²) in [6, 6.07) is 13.3. The molecular weight excluding hydrogens is 324 g/mol. The Kier molecular flexibility index (Phi) is 4.66. The van der Waals surface area contributed by atoms with Crippen LogP contribution in [0.25, 0.3) is 0 Å². The third-order valence-electron chi connectivity index (χ3n) is 4.09. The maximum atomic E-state index is 12.2. The third kappa shape index (κ3) is 4.20. The molecular formula is C18H20N2O3S. The largest absolute Gasteiger partial charge is 0.312 e. The SMILES string of the molecule is CS(=O)(=O)Cc1ccc(CC2CC(=O)N(c3ccccc3)C2)nc1. The van der Waals surface area contributed by atoms with E-state index >= 15 is 0 Å². The van der Waals surface area contributed by atoms with Crippen molar-refractivity contribution in [2.75, 3.05) is 17.7 Å². The van der Waals surface area contributed by atoms with Crippen LogP contribution in [0.4, 0.5) is 5.69 Å². The Morgan fingerprint density at radius 2 is 1.92 bits per heavy atom. The van der Waals surface area contributed by atoms with Gasteiger partial charge in [-0.05, 0) is 36.1 Å². The van der Waals surface area contributed by atoms with E-state index < -0.39 is 9.84 Å². The number of hydrogen-bond donors (Lipinski definition) is 0. The van der Waals surface area contributed by atoms with Gasteiger partial charge in [-0.25, -0.2) is 8.42 Å². The summed E-state index contributed by atoms with van der Waals surface area (Å²) in [7, 11) is -3.05. The van der Waals surface area contributed by atoms with Crippen LogP contribution in [0.2, 0.25) is 0 Å². The quantitative estimate of drug-likeness (QED) is 0.834. The Labute approximate surface area is 142 Å². The van der Waals surface area contributed by atoms with E-state index in [1.165, 1.54) is 6.26 Å². The Bertz CT molecular complexity index is 817. The molecule has 5 nitrogen and oxygen atoms in total. The topological polar surface area (TPSA) is 67.3 Å². The smallest absolute Gasteiger partial charge is 0.227 e. The molecule has 0 spiro atoms. The van der Waals surface area contributed by atoms with E-state index in [0.717, 1.165) is 11.4 Å². The van der Waals surface area contributed by atoms with Gasteiger partial charge < -0.3 is 4.90 Å². The lowest BCUT2D eigenvalue weighted by Gasteiger charge is -2.16. The fourth-order valence-corrected chi connectivity index (χ4v) is 3.81. The molecule has 1 aliphatic heterocycles. The van der Waals surface area contributed by atoms with E-state index in [-0.39, 0.29) is 17.6 Å². The summed E-state index contributed by atoms with van der Waals surface area (Å²) in [6.07, 6.45) is 4.06. The van der Waals surface area contributed by atoms with Crippen LogP contribution < -0.4 is 4.90 Å². The number of para-hydroxylation sites is 1. The first-order valence-electron chi connectivity index (χ1n) is 7.88. The van der Waals surface area contributed by atoms with Crippen molar-refractivity contribution in [1.82, 2.24) is 4.98 Å². The molecule has 1 fully saturated rings. The summed E-state index contributed by atoms with van der Waals surface area (Å²) in [5, 5.41) is 0. The fourth-order valence-electron chi connectivity index (χ4n) is 3.04. The molecule has 0 saturated carbocycles. The van der Waals surface area contributed by atoms with Crippen LogP contribution in [0.5, 0.6) is 0 Å². The van der Waals surface area contributed by atoms with Crippen molar-refractivity contribution in [1.29, 1.82) is 0 Å². The second kappa shape index (κ2) is 6.73. The number of hydrogen-bond acceptors (Lipinski definition) is 4. The van der Waals surface area contributed by atoms with Crippen molar-refractivity contribution in [2.24, 2.45) is 5.92 Å². The highest BCUT2D eigenvalue weighted by molar-refractivity contribution is 7.89. The highest BCUT2D eigenvalue weighted by Gasteiger charge is 2.30. The van der Waals surface area contributed by atoms with Crippen molar-refractivity contribution in [3.05, 3.63) is 59.9 Å². The number of sulfone groups is 1. The molecule has 126 valence electrons. The van der Waals surface area contributed by atoms with Crippen LogP contribution in [0, 0.1) is 5.92 Å². The van der Waals surface area contributed by atoms with Gasteiger partial charge in [-0.1, -0.05) is 24.3 Å². The van der Waals surface area contributed by atoms with Crippen molar-refractivity contribution >= 4 is 21.4 Å². The molecule has 1 atom stereocenters. The number of carbonyl (C=O) groups excluding carboxylic acids is 1. The zero-order valence-electron chi connectivity index (χ0n) is 13.6. The number of nitrogens with zero attached hydrogens (tertiary/aromatic N) is 2. The summed E-state index contributed by atoms with van der Waals surface area (Å²) < 4.78 is 22.6. The minimum absolute atomic E-state index is 0.00395. The van der Waals surface area contributed by atoms with E-state index in [0.29, 0.717) is 24.9 Å². The second-order valence-corrected chi connectivity index (χ2v) is 8.48. The summed E-state index contributed by atoms with van der Waals surface area (Å²) in [6.45, 7) is 0.690. The number of benzene rings is 1. The van der Waals surface area contributed by atoms with Crippen molar-refractivity contribution in [3.63, 3.8) is 0 Å². The summed E-state index contributed by atoms with van der Waals surface area (Å²) in [5.74, 6) is 0.370. The molecule has 0 radical (unpaired) electrons. The van der Waals surface area contributed by atoms with Crippen LogP contribution in [0.15, 0.2) is 48.7 Å². The van der Waals surface area contributed by atoms with Gasteiger partial charge in [0.2, 0.25) is 5.91 Å². The lowest BCUT2D eigenvalue weighted by Crippen LogP contribution is -2.24. The minimum Gasteiger partial charge on any atom is -0.312 e. The van der Waals surface area contributed by atoms with Crippen LogP contribution >= 0.6 is 0 Å². The Hall–Kier alpha value is -2.21. The van der Waals surface area contributed by atoms with Crippen molar-refractivity contribution in [2.45, 2.75) is 18.6 Å². The van der Waals surface area contributed by atoms with Gasteiger partial charge in [0.25, 0.3) is 0 Å². The molecule has 0 N–H and O–H groups in total. The summed E-state index contributed by atoms with van der Waals surface area (Å²) in [4.78, 5) is 18.4. The number of rotatable bonds is 5. The molecule has 6 heteroatoms. The van der Waals surface area contributed by atoms with E-state index in [9.17, 15) is 13.2 Å². The van der Waals surface area contributed by atoms with Gasteiger partial charge in [0.1, 0.15) is 0 Å². The molecule has 2 heterocycles. The van der Waals surface area contributed by atoms with E-state index in [1.54, 1.807) is 12.3 Å². The lowest BCUT2D eigenvalue weighted by molar-refractivity contribution is -0.117. The molecule has 0 bridgehead atoms. The first kappa shape index (κ1) is 16.6. The predicted molar refractivity (Wildman–Crippen MR) is 93.4 cm³/mol. The van der Waals surface area contributed by atoms with Gasteiger partial charge in [-0.3, -0.25) is 9.78 Å². The van der Waals surface area contributed by atoms with Gasteiger partial charge in [0.05, 0.1) is 5.75 Å². The first-order valence-corrected chi connectivity index (χ1v) is 9.94. The normalized spacial score (nSPS) is 18.1. The zero-order chi connectivity index (χ0) is 17.2. The third-order valence-corrected chi connectivity index (χ3v) is 4.94. The van der Waals surface area contributed by atoms with Crippen LogP contribution in [-0.2, 0) is 26.8 Å². The van der Waals surface area contributed by atoms with Gasteiger partial charge in [0.15, 0.2) is 9.84 Å². The molecule has 1 saturated heterocycles. The lowest BCUT2D eigenvalue weighted by atomic mass is 10.0. The number of carbonyl (C=O) groups is 1. The van der Waals surface area contributed by atoms with E-state index in [4.69, 9.17) is 0 Å². The number of amides is 1. The van der Waals surface area contributed by atoms with Crippen LogP contribution in [0.1, 0.15) is 17.7 Å². The standard InChI is InChI=1S/C18H20N2O3S/c1-24(22,23)13-14-7-8-16(19-11-14)9-15-10-18(21)20(12-15)17-5-3-2-4-6-17/h2-8,11,15H,9-10,12-13H2,1H3. The second-order valence-electron chi connectivity index (χ2n) is 6.34. The van der Waals surface area contributed by atoms with Crippen LogP contribution in [-0.4, -0.2) is 32.1 Å². The van der Waals surface area contributed by atoms with E-state index in [2.05, 4.69) is 4.98 Å². The van der Waals surface area contributed by atoms with Gasteiger partial charge in [-0.2, -0.15) is 0 Å². The average Bonchev–Trinajstić information content (AvgIpc) is 2.89. The molecule has 0 aliphatic carbocycles. The van der Waals surface area contributed by atoms with Gasteiger partial charge >= 0.3 is 0 Å². The Morgan fingerprint density at radius 1 is 1.17 bits per heavy atom. The predicted octanol–water partition coefficient (Wildman–Crippen LogP) is 2.22.